The Morgan fingerprint density at radius 2 is 1.31 bits per heavy atom. The number of ether oxygens (including phenoxy) is 3. The van der Waals surface area contributed by atoms with Crippen LogP contribution in [0.5, 0.6) is 5.75 Å². The summed E-state index contributed by atoms with van der Waals surface area (Å²) < 4.78 is 17.7. The van der Waals surface area contributed by atoms with E-state index in [-0.39, 0.29) is 45.6 Å². The van der Waals surface area contributed by atoms with E-state index in [1.54, 1.807) is 40.7 Å². The molecule has 0 spiro atoms. The van der Waals surface area contributed by atoms with Crippen molar-refractivity contribution in [1.29, 1.82) is 0 Å². The first-order valence-corrected chi connectivity index (χ1v) is 17.0. The fourth-order valence-electron chi connectivity index (χ4n) is 8.34. The Morgan fingerprint density at radius 1 is 0.750 bits per heavy atom. The van der Waals surface area contributed by atoms with E-state index >= 15 is 0 Å². The Labute approximate surface area is 300 Å². The molecule has 0 saturated carbocycles. The van der Waals surface area contributed by atoms with E-state index in [2.05, 4.69) is 10.6 Å². The minimum Gasteiger partial charge on any atom is -0.496 e. The fraction of sp³-hybridized carbons (Fsp3) is 0.410. The molecule has 13 nitrogen and oxygen atoms in total. The Balaban J connectivity index is 1.90. The van der Waals surface area contributed by atoms with Gasteiger partial charge in [-0.25, -0.2) is 9.59 Å². The SMILES string of the molecule is COC1=CC(=O)C2=C3C1=C1C(OC)=CC(=O)c4c(NC(C(=O)O)C(C)C)c(OC)c5c(c41)C3C(=C(NC(C(=O)O)C(C)C)C2O)C=C(C)C5C(C)=O. The number of methoxy groups -OCH3 is 3. The Bertz CT molecular complexity index is 2070. The molecule has 0 aliphatic heterocycles. The van der Waals surface area contributed by atoms with Crippen molar-refractivity contribution in [2.75, 3.05) is 26.6 Å². The van der Waals surface area contributed by atoms with Crippen LogP contribution in [0.2, 0.25) is 0 Å². The quantitative estimate of drug-likeness (QED) is 0.207. The highest BCUT2D eigenvalue weighted by atomic mass is 16.5. The van der Waals surface area contributed by atoms with Crippen molar-refractivity contribution in [3.63, 3.8) is 0 Å². The van der Waals surface area contributed by atoms with Crippen molar-refractivity contribution in [3.05, 3.63) is 85.6 Å². The van der Waals surface area contributed by atoms with Crippen molar-refractivity contribution in [1.82, 2.24) is 5.32 Å². The van der Waals surface area contributed by atoms with Gasteiger partial charge in [-0.3, -0.25) is 14.4 Å². The number of ketones is 3. The molecule has 0 fully saturated rings. The number of carbonyl (C=O) groups excluding carboxylic acids is 3. The van der Waals surface area contributed by atoms with Gasteiger partial charge in [0.2, 0.25) is 0 Å². The number of carbonyl (C=O) groups is 5. The summed E-state index contributed by atoms with van der Waals surface area (Å²) in [5.41, 5.74) is 3.17. The van der Waals surface area contributed by atoms with Crippen LogP contribution >= 0.6 is 0 Å². The van der Waals surface area contributed by atoms with Gasteiger partial charge >= 0.3 is 11.9 Å². The first-order chi connectivity index (χ1) is 24.5. The van der Waals surface area contributed by atoms with E-state index in [0.717, 1.165) is 0 Å². The molecule has 0 saturated heterocycles. The highest BCUT2D eigenvalue weighted by Gasteiger charge is 2.53. The number of Topliss-reactive ketones (excluding diaryl/α,β-unsaturated/α-hetero) is 1. The fourth-order valence-corrected chi connectivity index (χ4v) is 8.34. The molecule has 5 unspecified atom stereocenters. The molecule has 0 radical (unpaired) electrons. The standard InChI is InChI=1S/C39H42N2O11/c1-13(2)32(38(46)47)40-34-17-10-15(5)22(16(6)42)31-29-23(17)28-25(36(34)45)19(44)12-21(51-8)26(28)27-20(50-7)11-18(43)24(30(27)29)35(37(31)52-9)41-33(14(3)4)39(48)49/h10-14,22-23,32-33,36,40-41,45H,1-9H3,(H,46,47)(H,48,49). The van der Waals surface area contributed by atoms with Crippen molar-refractivity contribution in [3.8, 4) is 5.75 Å². The van der Waals surface area contributed by atoms with Crippen LogP contribution in [0.15, 0.2) is 63.3 Å². The van der Waals surface area contributed by atoms with Gasteiger partial charge in [0, 0.05) is 51.6 Å². The maximum absolute atomic E-state index is 14.4. The lowest BCUT2D eigenvalue weighted by Gasteiger charge is -2.44. The van der Waals surface area contributed by atoms with E-state index < -0.39 is 65.4 Å². The molecular weight excluding hydrogens is 672 g/mol. The average molecular weight is 715 g/mol. The van der Waals surface area contributed by atoms with Crippen LogP contribution in [-0.4, -0.2) is 84.1 Å². The number of rotatable bonds is 12. The lowest BCUT2D eigenvalue weighted by atomic mass is 9.61. The molecule has 6 rings (SSSR count). The maximum atomic E-state index is 14.4. The number of benzene rings is 1. The highest BCUT2D eigenvalue weighted by molar-refractivity contribution is 6.21. The van der Waals surface area contributed by atoms with Crippen LogP contribution < -0.4 is 15.4 Å². The number of aliphatic hydroxyl groups is 1. The first kappa shape index (κ1) is 36.4. The monoisotopic (exact) mass is 714 g/mol. The summed E-state index contributed by atoms with van der Waals surface area (Å²) in [6.45, 7) is 9.98. The third kappa shape index (κ3) is 5.12. The predicted octanol–water partition coefficient (Wildman–Crippen LogP) is 4.16. The number of aliphatic carboxylic acids is 2. The number of hydrogen-bond donors (Lipinski definition) is 5. The number of nitrogens with one attached hydrogen (secondary N) is 2. The van der Waals surface area contributed by atoms with Crippen molar-refractivity contribution in [2.24, 2.45) is 11.8 Å². The van der Waals surface area contributed by atoms with Crippen LogP contribution in [0.25, 0.3) is 5.57 Å². The van der Waals surface area contributed by atoms with Gasteiger partial charge in [0.1, 0.15) is 41.2 Å². The largest absolute Gasteiger partial charge is 0.496 e. The second-order valence-corrected chi connectivity index (χ2v) is 14.3. The zero-order chi connectivity index (χ0) is 38.2. The topological polar surface area (TPSA) is 198 Å². The predicted molar refractivity (Wildman–Crippen MR) is 189 cm³/mol. The van der Waals surface area contributed by atoms with E-state index in [1.807, 2.05) is 0 Å². The lowest BCUT2D eigenvalue weighted by Crippen LogP contribution is -2.47. The minimum absolute atomic E-state index is 0.0304. The summed E-state index contributed by atoms with van der Waals surface area (Å²) in [6, 6.07) is -2.36. The minimum atomic E-state index is -1.62. The molecule has 0 aromatic heterocycles. The van der Waals surface area contributed by atoms with E-state index in [4.69, 9.17) is 14.2 Å². The zero-order valence-corrected chi connectivity index (χ0v) is 30.4. The molecule has 5 aliphatic rings. The molecule has 1 aromatic carbocycles. The third-order valence-electron chi connectivity index (χ3n) is 10.5. The van der Waals surface area contributed by atoms with Gasteiger partial charge in [-0.2, -0.15) is 0 Å². The van der Waals surface area contributed by atoms with Gasteiger partial charge in [0.15, 0.2) is 11.6 Å². The number of aliphatic hydroxyl groups excluding tert-OH is 1. The number of allylic oxidation sites excluding steroid dienone is 7. The smallest absolute Gasteiger partial charge is 0.326 e. The molecule has 52 heavy (non-hydrogen) atoms. The number of anilines is 1. The summed E-state index contributed by atoms with van der Waals surface area (Å²) in [6.07, 6.45) is 2.60. The van der Waals surface area contributed by atoms with Crippen molar-refractivity contribution >= 4 is 40.5 Å². The molecule has 0 heterocycles. The summed E-state index contributed by atoms with van der Waals surface area (Å²) in [7, 11) is 4.14. The van der Waals surface area contributed by atoms with Gasteiger partial charge in [-0.1, -0.05) is 39.3 Å². The molecule has 0 amide bonds. The van der Waals surface area contributed by atoms with Crippen LogP contribution in [0, 0.1) is 11.8 Å². The summed E-state index contributed by atoms with van der Waals surface area (Å²) >= 11 is 0. The Morgan fingerprint density at radius 3 is 1.83 bits per heavy atom. The van der Waals surface area contributed by atoms with Gasteiger partial charge < -0.3 is 40.2 Å². The molecule has 5 aliphatic carbocycles. The molecular formula is C39H42N2O11. The first-order valence-electron chi connectivity index (χ1n) is 17.0. The molecule has 0 bridgehead atoms. The molecule has 5 atom stereocenters. The van der Waals surface area contributed by atoms with Gasteiger partial charge in [-0.05, 0) is 42.4 Å². The summed E-state index contributed by atoms with van der Waals surface area (Å²) in [5.74, 6) is -6.31. The maximum Gasteiger partial charge on any atom is 0.326 e. The molecule has 1 aromatic rings. The summed E-state index contributed by atoms with van der Waals surface area (Å²) in [4.78, 5) is 67.4. The van der Waals surface area contributed by atoms with Crippen molar-refractivity contribution in [2.45, 2.75) is 71.6 Å². The second-order valence-electron chi connectivity index (χ2n) is 14.3. The molecule has 274 valence electrons. The second kappa shape index (κ2) is 13.0. The van der Waals surface area contributed by atoms with E-state index in [0.29, 0.717) is 44.6 Å². The number of carboxylic acid groups (broad SMARTS) is 2. The highest BCUT2D eigenvalue weighted by Crippen LogP contribution is 2.63. The molecule has 5 N–H and O–H groups in total. The van der Waals surface area contributed by atoms with Gasteiger partial charge in [0.05, 0.1) is 38.5 Å². The Kier molecular flexibility index (Phi) is 9.06. The van der Waals surface area contributed by atoms with Crippen LogP contribution in [0.1, 0.15) is 80.4 Å². The van der Waals surface area contributed by atoms with Gasteiger partial charge in [0.25, 0.3) is 0 Å². The lowest BCUT2D eigenvalue weighted by molar-refractivity contribution is -0.140. The normalized spacial score (nSPS) is 22.6. The zero-order valence-electron chi connectivity index (χ0n) is 30.4. The van der Waals surface area contributed by atoms with Crippen LogP contribution in [0.4, 0.5) is 5.69 Å². The number of carboxylic acids is 2. The van der Waals surface area contributed by atoms with E-state index in [1.165, 1.54) is 40.4 Å². The van der Waals surface area contributed by atoms with E-state index in [9.17, 15) is 39.3 Å². The number of hydrogen-bond acceptors (Lipinski definition) is 11. The van der Waals surface area contributed by atoms with Gasteiger partial charge in [-0.15, -0.1) is 0 Å². The Hall–Kier alpha value is -5.43. The van der Waals surface area contributed by atoms with Crippen molar-refractivity contribution < 1.29 is 53.5 Å². The van der Waals surface area contributed by atoms with Crippen LogP contribution in [-0.2, 0) is 28.7 Å². The molecule has 13 heteroatoms. The average Bonchev–Trinajstić information content (AvgIpc) is 3.19. The third-order valence-corrected chi connectivity index (χ3v) is 10.5. The van der Waals surface area contributed by atoms with Crippen LogP contribution in [0.3, 0.4) is 0 Å². The summed E-state index contributed by atoms with van der Waals surface area (Å²) in [5, 5.41) is 38.8.